The highest BCUT2D eigenvalue weighted by atomic mass is 32.1. The lowest BCUT2D eigenvalue weighted by molar-refractivity contribution is 0.102. The molecular weight excluding hydrogens is 263 g/mol. The van der Waals surface area contributed by atoms with Crippen LogP contribution in [0.5, 0.6) is 5.75 Å². The third-order valence-corrected chi connectivity index (χ3v) is 4.76. The van der Waals surface area contributed by atoms with Gasteiger partial charge in [0.15, 0.2) is 5.78 Å². The van der Waals surface area contributed by atoms with E-state index in [2.05, 4.69) is 0 Å². The van der Waals surface area contributed by atoms with E-state index in [1.54, 1.807) is 6.92 Å². The smallest absolute Gasteiger partial charge is 0.169 e. The Morgan fingerprint density at radius 1 is 1.32 bits per heavy atom. The van der Waals surface area contributed by atoms with Gasteiger partial charge in [-0.15, -0.1) is 11.3 Å². The van der Waals surface area contributed by atoms with Crippen molar-refractivity contribution in [2.75, 3.05) is 7.11 Å². The summed E-state index contributed by atoms with van der Waals surface area (Å²) in [7, 11) is 1.53. The van der Waals surface area contributed by atoms with Crippen molar-refractivity contribution in [2.24, 2.45) is 0 Å². The minimum Gasteiger partial charge on any atom is -0.497 e. The Labute approximate surface area is 114 Å². The van der Waals surface area contributed by atoms with E-state index in [0.717, 1.165) is 32.9 Å². The standard InChI is InChI=1S/C15H13FO2S/c1-8(17)14-5-9-3-4-11-12(15(9)19-14)6-10(18-2)7-13(11)16/h5-7H,3-4H2,1-2H3. The molecule has 0 radical (unpaired) electrons. The highest BCUT2D eigenvalue weighted by Gasteiger charge is 2.23. The third kappa shape index (κ3) is 1.96. The predicted octanol–water partition coefficient (Wildman–Crippen LogP) is 3.86. The lowest BCUT2D eigenvalue weighted by Crippen LogP contribution is -2.04. The summed E-state index contributed by atoms with van der Waals surface area (Å²) in [4.78, 5) is 13.2. The maximum absolute atomic E-state index is 14.0. The first-order valence-corrected chi connectivity index (χ1v) is 6.92. The lowest BCUT2D eigenvalue weighted by atomic mass is 9.90. The van der Waals surface area contributed by atoms with E-state index in [1.807, 2.05) is 12.1 Å². The van der Waals surface area contributed by atoms with Gasteiger partial charge in [-0.2, -0.15) is 0 Å². The molecular formula is C15H13FO2S. The third-order valence-electron chi connectivity index (χ3n) is 3.45. The Hall–Kier alpha value is -1.68. The molecule has 98 valence electrons. The van der Waals surface area contributed by atoms with E-state index in [9.17, 15) is 9.18 Å². The highest BCUT2D eigenvalue weighted by Crippen LogP contribution is 2.42. The van der Waals surface area contributed by atoms with Crippen LogP contribution < -0.4 is 4.74 Å². The van der Waals surface area contributed by atoms with Gasteiger partial charge >= 0.3 is 0 Å². The van der Waals surface area contributed by atoms with E-state index in [0.29, 0.717) is 12.2 Å². The molecule has 1 heterocycles. The van der Waals surface area contributed by atoms with Crippen LogP contribution in [0.1, 0.15) is 27.7 Å². The number of fused-ring (bicyclic) bond motifs is 3. The largest absolute Gasteiger partial charge is 0.497 e. The zero-order valence-electron chi connectivity index (χ0n) is 10.7. The molecule has 0 spiro atoms. The summed E-state index contributed by atoms with van der Waals surface area (Å²) in [5.74, 6) is 0.351. The zero-order valence-corrected chi connectivity index (χ0v) is 11.6. The molecule has 4 heteroatoms. The maximum atomic E-state index is 14.0. The Morgan fingerprint density at radius 3 is 2.79 bits per heavy atom. The highest BCUT2D eigenvalue weighted by molar-refractivity contribution is 7.17. The molecule has 0 aliphatic heterocycles. The molecule has 0 fully saturated rings. The number of ether oxygens (including phenoxy) is 1. The number of methoxy groups -OCH3 is 1. The molecule has 0 atom stereocenters. The summed E-state index contributed by atoms with van der Waals surface area (Å²) in [6.45, 7) is 1.56. The first kappa shape index (κ1) is 12.4. The number of ketones is 1. The molecule has 0 saturated carbocycles. The van der Waals surface area contributed by atoms with Crippen LogP contribution in [0.25, 0.3) is 10.4 Å². The molecule has 0 saturated heterocycles. The summed E-state index contributed by atoms with van der Waals surface area (Å²) < 4.78 is 19.2. The number of rotatable bonds is 2. The molecule has 0 unspecified atom stereocenters. The molecule has 0 N–H and O–H groups in total. The van der Waals surface area contributed by atoms with E-state index < -0.39 is 0 Å². The van der Waals surface area contributed by atoms with Gasteiger partial charge < -0.3 is 4.74 Å². The van der Waals surface area contributed by atoms with E-state index in [1.165, 1.54) is 24.5 Å². The summed E-state index contributed by atoms with van der Waals surface area (Å²) in [5, 5.41) is 0. The van der Waals surface area contributed by atoms with Crippen molar-refractivity contribution in [3.05, 3.63) is 40.0 Å². The van der Waals surface area contributed by atoms with Crippen molar-refractivity contribution in [3.63, 3.8) is 0 Å². The van der Waals surface area contributed by atoms with E-state index in [-0.39, 0.29) is 11.6 Å². The molecule has 0 amide bonds. The fourth-order valence-electron chi connectivity index (χ4n) is 2.46. The van der Waals surface area contributed by atoms with Gasteiger partial charge in [0.1, 0.15) is 11.6 Å². The SMILES string of the molecule is COc1cc(F)c2c(c1)-c1sc(C(C)=O)cc1CC2. The Balaban J connectivity index is 2.22. The molecule has 1 aromatic carbocycles. The summed E-state index contributed by atoms with van der Waals surface area (Å²) in [6, 6.07) is 5.21. The number of hydrogen-bond acceptors (Lipinski definition) is 3. The Morgan fingerprint density at radius 2 is 2.11 bits per heavy atom. The van der Waals surface area contributed by atoms with Crippen LogP contribution in [0.15, 0.2) is 18.2 Å². The number of aryl methyl sites for hydroxylation is 1. The molecule has 1 aliphatic carbocycles. The van der Waals surface area contributed by atoms with Gasteiger partial charge in [0.05, 0.1) is 12.0 Å². The van der Waals surface area contributed by atoms with Gasteiger partial charge in [0.25, 0.3) is 0 Å². The van der Waals surface area contributed by atoms with Crippen LogP contribution in [-0.4, -0.2) is 12.9 Å². The summed E-state index contributed by atoms with van der Waals surface area (Å²) >= 11 is 1.44. The zero-order chi connectivity index (χ0) is 13.6. The van der Waals surface area contributed by atoms with Gasteiger partial charge in [-0.25, -0.2) is 4.39 Å². The van der Waals surface area contributed by atoms with E-state index in [4.69, 9.17) is 4.74 Å². The first-order valence-electron chi connectivity index (χ1n) is 6.10. The van der Waals surface area contributed by atoms with Crippen LogP contribution in [0.3, 0.4) is 0 Å². The van der Waals surface area contributed by atoms with Crippen LogP contribution in [0.4, 0.5) is 4.39 Å². The molecule has 1 aliphatic rings. The molecule has 2 nitrogen and oxygen atoms in total. The van der Waals surface area contributed by atoms with E-state index >= 15 is 0 Å². The van der Waals surface area contributed by atoms with Gasteiger partial charge in [0.2, 0.25) is 0 Å². The second-order valence-corrected chi connectivity index (χ2v) is 5.71. The molecule has 3 rings (SSSR count). The maximum Gasteiger partial charge on any atom is 0.169 e. The molecule has 0 bridgehead atoms. The van der Waals surface area contributed by atoms with Crippen molar-refractivity contribution < 1.29 is 13.9 Å². The number of halogens is 1. The van der Waals surface area contributed by atoms with Crippen LogP contribution in [0.2, 0.25) is 0 Å². The normalized spacial score (nSPS) is 12.8. The number of carbonyl (C=O) groups excluding carboxylic acids is 1. The monoisotopic (exact) mass is 276 g/mol. The lowest BCUT2D eigenvalue weighted by Gasteiger charge is -2.17. The topological polar surface area (TPSA) is 26.3 Å². The molecule has 1 aromatic heterocycles. The van der Waals surface area contributed by atoms with Crippen molar-refractivity contribution in [3.8, 4) is 16.2 Å². The fourth-order valence-corrected chi connectivity index (χ4v) is 3.61. The van der Waals surface area contributed by atoms with Crippen LogP contribution in [0, 0.1) is 5.82 Å². The number of carbonyl (C=O) groups is 1. The minimum absolute atomic E-state index is 0.0596. The van der Waals surface area contributed by atoms with Crippen molar-refractivity contribution in [2.45, 2.75) is 19.8 Å². The summed E-state index contributed by atoms with van der Waals surface area (Å²) in [5.41, 5.74) is 2.73. The molecule has 2 aromatic rings. The second kappa shape index (κ2) is 4.46. The average molecular weight is 276 g/mol. The Kier molecular flexibility index (Phi) is 2.90. The fraction of sp³-hybridized carbons (Fsp3) is 0.267. The van der Waals surface area contributed by atoms with Crippen molar-refractivity contribution in [1.82, 2.24) is 0 Å². The van der Waals surface area contributed by atoms with Crippen LogP contribution >= 0.6 is 11.3 Å². The quantitative estimate of drug-likeness (QED) is 0.778. The van der Waals surface area contributed by atoms with Gasteiger partial charge in [-0.05, 0) is 43.0 Å². The summed E-state index contributed by atoms with van der Waals surface area (Å²) in [6.07, 6.45) is 1.46. The number of Topliss-reactive ketones (excluding diaryl/α,β-unsaturated/α-hetero) is 1. The second-order valence-electron chi connectivity index (χ2n) is 4.66. The number of hydrogen-bond donors (Lipinski definition) is 0. The van der Waals surface area contributed by atoms with Gasteiger partial charge in [0, 0.05) is 16.5 Å². The first-order chi connectivity index (χ1) is 9.10. The number of thiophene rings is 1. The van der Waals surface area contributed by atoms with Crippen molar-refractivity contribution in [1.29, 1.82) is 0 Å². The average Bonchev–Trinajstić information content (AvgIpc) is 2.83. The van der Waals surface area contributed by atoms with Gasteiger partial charge in [-0.3, -0.25) is 4.79 Å². The predicted molar refractivity (Wildman–Crippen MR) is 73.7 cm³/mol. The number of benzene rings is 1. The van der Waals surface area contributed by atoms with Gasteiger partial charge in [-0.1, -0.05) is 0 Å². The molecule has 19 heavy (non-hydrogen) atoms. The van der Waals surface area contributed by atoms with Crippen LogP contribution in [-0.2, 0) is 12.8 Å². The van der Waals surface area contributed by atoms with Crippen molar-refractivity contribution >= 4 is 17.1 Å². The Bertz CT molecular complexity index is 673. The minimum atomic E-state index is -0.224.